The molecule has 118 valence electrons. The normalized spacial score (nSPS) is 10.0. The lowest BCUT2D eigenvalue weighted by Gasteiger charge is -2.02. The summed E-state index contributed by atoms with van der Waals surface area (Å²) in [7, 11) is 0. The lowest BCUT2D eigenvalue weighted by Crippen LogP contribution is -2.09. The van der Waals surface area contributed by atoms with Crippen LogP contribution in [0.3, 0.4) is 0 Å². The van der Waals surface area contributed by atoms with Crippen molar-refractivity contribution in [2.75, 3.05) is 5.73 Å². The lowest BCUT2D eigenvalue weighted by molar-refractivity contribution is 1.16. The van der Waals surface area contributed by atoms with Gasteiger partial charge in [0.15, 0.2) is 0 Å². The molecule has 4 aromatic rings. The number of nitrogens with zero attached hydrogens (tertiary/aromatic N) is 2. The van der Waals surface area contributed by atoms with Crippen molar-refractivity contribution in [2.45, 2.75) is 0 Å². The van der Waals surface area contributed by atoms with Crippen LogP contribution in [-0.2, 0) is 0 Å². The molecule has 2 heterocycles. The van der Waals surface area contributed by atoms with Crippen molar-refractivity contribution in [2.24, 2.45) is 0 Å². The third kappa shape index (κ3) is 3.64. The van der Waals surface area contributed by atoms with Crippen molar-refractivity contribution in [1.29, 1.82) is 0 Å². The van der Waals surface area contributed by atoms with E-state index in [-0.39, 0.29) is 5.56 Å². The molecule has 0 aliphatic rings. The van der Waals surface area contributed by atoms with Crippen molar-refractivity contribution in [1.82, 2.24) is 15.0 Å². The predicted molar refractivity (Wildman–Crippen MR) is 96.4 cm³/mol. The van der Waals surface area contributed by atoms with Crippen molar-refractivity contribution in [3.05, 3.63) is 89.6 Å². The summed E-state index contributed by atoms with van der Waals surface area (Å²) in [5.41, 5.74) is 8.12. The summed E-state index contributed by atoms with van der Waals surface area (Å²) in [5.74, 6) is 0. The number of pyridine rings is 1. The van der Waals surface area contributed by atoms with Gasteiger partial charge in [0.25, 0.3) is 5.56 Å². The Labute approximate surface area is 138 Å². The fraction of sp³-hybridized carbons (Fsp3) is 0. The van der Waals surface area contributed by atoms with E-state index in [1.54, 1.807) is 6.20 Å². The Bertz CT molecular complexity index is 982. The Morgan fingerprint density at radius 3 is 2.21 bits per heavy atom. The van der Waals surface area contributed by atoms with Crippen LogP contribution in [0.1, 0.15) is 0 Å². The minimum Gasteiger partial charge on any atom is -0.399 e. The number of nitrogens with two attached hydrogens (primary N) is 1. The SMILES string of the molecule is Nc1ccccc1.O=c1[nH]c2ncncc2cc1-c1ccccc1. The first kappa shape index (κ1) is 15.4. The van der Waals surface area contributed by atoms with Crippen molar-refractivity contribution in [3.8, 4) is 11.1 Å². The Balaban J connectivity index is 0.000000203. The van der Waals surface area contributed by atoms with Crippen LogP contribution in [0, 0.1) is 0 Å². The summed E-state index contributed by atoms with van der Waals surface area (Å²) < 4.78 is 0. The zero-order valence-corrected chi connectivity index (χ0v) is 12.9. The van der Waals surface area contributed by atoms with Gasteiger partial charge in [-0.3, -0.25) is 4.79 Å². The summed E-state index contributed by atoms with van der Waals surface area (Å²) in [6.45, 7) is 0. The number of H-pyrrole nitrogens is 1. The molecule has 0 saturated carbocycles. The fourth-order valence-corrected chi connectivity index (χ4v) is 2.23. The van der Waals surface area contributed by atoms with Gasteiger partial charge in [-0.25, -0.2) is 9.97 Å². The van der Waals surface area contributed by atoms with Crippen LogP contribution in [-0.4, -0.2) is 15.0 Å². The minimum atomic E-state index is -0.137. The number of nitrogen functional groups attached to an aromatic ring is 1. The summed E-state index contributed by atoms with van der Waals surface area (Å²) in [6.07, 6.45) is 3.10. The molecule has 0 aliphatic carbocycles. The fourth-order valence-electron chi connectivity index (χ4n) is 2.23. The molecule has 2 aromatic carbocycles. The van der Waals surface area contributed by atoms with Gasteiger partial charge in [0.2, 0.25) is 0 Å². The molecule has 0 aliphatic heterocycles. The van der Waals surface area contributed by atoms with Gasteiger partial charge in [-0.05, 0) is 23.8 Å². The lowest BCUT2D eigenvalue weighted by atomic mass is 10.1. The quantitative estimate of drug-likeness (QED) is 0.528. The zero-order valence-electron chi connectivity index (χ0n) is 12.9. The largest absolute Gasteiger partial charge is 0.399 e. The Kier molecular flexibility index (Phi) is 4.62. The molecule has 24 heavy (non-hydrogen) atoms. The highest BCUT2D eigenvalue weighted by Gasteiger charge is 2.05. The number of benzene rings is 2. The number of hydrogen-bond donors (Lipinski definition) is 2. The molecule has 0 bridgehead atoms. The Morgan fingerprint density at radius 1 is 0.917 bits per heavy atom. The average Bonchev–Trinajstić information content (AvgIpc) is 2.63. The first-order chi connectivity index (χ1) is 11.7. The number of nitrogens with one attached hydrogen (secondary N) is 1. The van der Waals surface area contributed by atoms with E-state index in [4.69, 9.17) is 5.73 Å². The minimum absolute atomic E-state index is 0.137. The molecular formula is C19H16N4O. The van der Waals surface area contributed by atoms with Crippen molar-refractivity contribution in [3.63, 3.8) is 0 Å². The molecule has 2 aromatic heterocycles. The monoisotopic (exact) mass is 316 g/mol. The van der Waals surface area contributed by atoms with Crippen LogP contribution in [0.2, 0.25) is 0 Å². The predicted octanol–water partition coefficient (Wildman–Crippen LogP) is 3.25. The van der Waals surface area contributed by atoms with Gasteiger partial charge in [0.05, 0.1) is 0 Å². The molecule has 5 nitrogen and oxygen atoms in total. The first-order valence-corrected chi connectivity index (χ1v) is 7.43. The molecule has 0 fully saturated rings. The summed E-state index contributed by atoms with van der Waals surface area (Å²) in [4.78, 5) is 22.6. The second-order valence-electron chi connectivity index (χ2n) is 5.12. The van der Waals surface area contributed by atoms with Gasteiger partial charge in [0.1, 0.15) is 12.0 Å². The first-order valence-electron chi connectivity index (χ1n) is 7.43. The van der Waals surface area contributed by atoms with Crippen molar-refractivity contribution < 1.29 is 0 Å². The van der Waals surface area contributed by atoms with Gasteiger partial charge in [-0.2, -0.15) is 0 Å². The highest BCUT2D eigenvalue weighted by atomic mass is 16.1. The third-order valence-corrected chi connectivity index (χ3v) is 3.40. The molecule has 0 atom stereocenters. The number of rotatable bonds is 1. The van der Waals surface area contributed by atoms with E-state index in [2.05, 4.69) is 15.0 Å². The molecule has 0 radical (unpaired) electrons. The standard InChI is InChI=1S/C13H9N3O.C6H7N/c17-13-11(9-4-2-1-3-5-9)6-10-7-14-8-15-12(10)16-13;7-6-4-2-1-3-5-6/h1-8H,(H,14,15,16,17);1-5H,7H2. The zero-order chi connectivity index (χ0) is 16.8. The van der Waals surface area contributed by atoms with Gasteiger partial charge in [0, 0.05) is 22.8 Å². The van der Waals surface area contributed by atoms with Gasteiger partial charge in [-0.1, -0.05) is 48.5 Å². The molecular weight excluding hydrogens is 300 g/mol. The summed E-state index contributed by atoms with van der Waals surface area (Å²) in [5, 5.41) is 0.825. The number of hydrogen-bond acceptors (Lipinski definition) is 4. The molecule has 0 unspecified atom stereocenters. The molecule has 5 heteroatoms. The second-order valence-corrected chi connectivity index (χ2v) is 5.12. The Morgan fingerprint density at radius 2 is 1.58 bits per heavy atom. The highest BCUT2D eigenvalue weighted by Crippen LogP contribution is 2.17. The van der Waals surface area contributed by atoms with Crippen LogP contribution in [0.25, 0.3) is 22.2 Å². The summed E-state index contributed by atoms with van der Waals surface area (Å²) >= 11 is 0. The van der Waals surface area contributed by atoms with Crippen LogP contribution < -0.4 is 11.3 Å². The van der Waals surface area contributed by atoms with E-state index >= 15 is 0 Å². The maximum Gasteiger partial charge on any atom is 0.257 e. The molecule has 3 N–H and O–H groups in total. The van der Waals surface area contributed by atoms with E-state index in [1.807, 2.05) is 66.7 Å². The maximum absolute atomic E-state index is 11.9. The van der Waals surface area contributed by atoms with E-state index in [0.717, 1.165) is 16.6 Å². The molecule has 0 amide bonds. The molecule has 4 rings (SSSR count). The second kappa shape index (κ2) is 7.19. The molecule has 0 spiro atoms. The number of aromatic amines is 1. The van der Waals surface area contributed by atoms with Gasteiger partial charge in [-0.15, -0.1) is 0 Å². The Hall–Kier alpha value is -3.47. The topological polar surface area (TPSA) is 84.7 Å². The van der Waals surface area contributed by atoms with Gasteiger partial charge < -0.3 is 10.7 Å². The van der Waals surface area contributed by atoms with Crippen molar-refractivity contribution >= 4 is 16.7 Å². The number of fused-ring (bicyclic) bond motifs is 1. The third-order valence-electron chi connectivity index (χ3n) is 3.40. The van der Waals surface area contributed by atoms with Crippen LogP contribution in [0.5, 0.6) is 0 Å². The number of aromatic nitrogens is 3. The average molecular weight is 316 g/mol. The smallest absolute Gasteiger partial charge is 0.257 e. The van der Waals surface area contributed by atoms with Gasteiger partial charge >= 0.3 is 0 Å². The maximum atomic E-state index is 11.9. The highest BCUT2D eigenvalue weighted by molar-refractivity contribution is 5.79. The van der Waals surface area contributed by atoms with E-state index in [9.17, 15) is 4.79 Å². The van der Waals surface area contributed by atoms with Crippen LogP contribution in [0.15, 0.2) is 84.0 Å². The molecule has 0 saturated heterocycles. The van der Waals surface area contributed by atoms with E-state index in [1.165, 1.54) is 6.33 Å². The van der Waals surface area contributed by atoms with Crippen LogP contribution in [0.4, 0.5) is 5.69 Å². The number of para-hydroxylation sites is 1. The van der Waals surface area contributed by atoms with Crippen LogP contribution >= 0.6 is 0 Å². The van der Waals surface area contributed by atoms with E-state index < -0.39 is 0 Å². The van der Waals surface area contributed by atoms with E-state index in [0.29, 0.717) is 11.2 Å². The summed E-state index contributed by atoms with van der Waals surface area (Å²) in [6, 6.07) is 20.8. The number of anilines is 1.